The highest BCUT2D eigenvalue weighted by molar-refractivity contribution is 5.70. The molecule has 5 aliphatic carbocycles. The monoisotopic (exact) mass is 354 g/mol. The lowest BCUT2D eigenvalue weighted by Crippen LogP contribution is -2.33. The van der Waals surface area contributed by atoms with Crippen LogP contribution in [0.1, 0.15) is 48.0 Å². The normalized spacial score (nSPS) is 28.5. The number of rotatable bonds is 0. The van der Waals surface area contributed by atoms with Crippen LogP contribution in [0.5, 0.6) is 0 Å². The second-order valence-corrected chi connectivity index (χ2v) is 10.7. The van der Waals surface area contributed by atoms with E-state index in [9.17, 15) is 0 Å². The van der Waals surface area contributed by atoms with Crippen LogP contribution in [-0.4, -0.2) is 0 Å². The summed E-state index contributed by atoms with van der Waals surface area (Å²) in [6.45, 7) is 14.0. The molecule has 138 valence electrons. The topological polar surface area (TPSA) is 0 Å². The standard InChI is InChI=1S/C27H30/c1-26(2,3)18-12-16-10-11-17-13-19(27(4,5)6)15-23-21-9-7-8-20(21)22(14-18)24(16)25(17)23/h7-8,10-15,24-25H,9H2,1-6H3/t24-,25+/m1/s1. The van der Waals surface area contributed by atoms with Crippen LogP contribution >= 0.6 is 0 Å². The van der Waals surface area contributed by atoms with Crippen molar-refractivity contribution in [3.05, 3.63) is 93.2 Å². The number of fused-ring (bicyclic) bond motifs is 1. The third-order valence-corrected chi connectivity index (χ3v) is 6.78. The van der Waals surface area contributed by atoms with E-state index in [2.05, 4.69) is 90.2 Å². The van der Waals surface area contributed by atoms with Gasteiger partial charge < -0.3 is 0 Å². The van der Waals surface area contributed by atoms with E-state index in [1.54, 1.807) is 16.7 Å². The van der Waals surface area contributed by atoms with Gasteiger partial charge in [0.15, 0.2) is 0 Å². The molecule has 0 heterocycles. The van der Waals surface area contributed by atoms with Crippen LogP contribution in [0, 0.1) is 22.7 Å². The van der Waals surface area contributed by atoms with Crippen LogP contribution < -0.4 is 0 Å². The SMILES string of the molecule is CC(C)(C)C1=CC2=C3C=CCC3=C3C=C(C(C)(C)C)C=C4C=CC(=C1)[C@H]2[C@@H]43. The first-order chi connectivity index (χ1) is 12.6. The Balaban J connectivity index is 1.81. The highest BCUT2D eigenvalue weighted by Gasteiger charge is 2.44. The molecule has 0 radical (unpaired) electrons. The van der Waals surface area contributed by atoms with Gasteiger partial charge in [-0.3, -0.25) is 0 Å². The van der Waals surface area contributed by atoms with Gasteiger partial charge in [0.2, 0.25) is 0 Å². The molecule has 0 heteroatoms. The Morgan fingerprint density at radius 3 is 1.74 bits per heavy atom. The average molecular weight is 355 g/mol. The third kappa shape index (κ3) is 2.42. The maximum Gasteiger partial charge on any atom is 0.0205 e. The van der Waals surface area contributed by atoms with Crippen molar-refractivity contribution in [2.24, 2.45) is 22.7 Å². The molecule has 27 heavy (non-hydrogen) atoms. The van der Waals surface area contributed by atoms with Crippen LogP contribution in [0.25, 0.3) is 0 Å². The molecule has 0 aliphatic heterocycles. The van der Waals surface area contributed by atoms with E-state index in [-0.39, 0.29) is 10.8 Å². The second kappa shape index (κ2) is 5.25. The van der Waals surface area contributed by atoms with Crippen molar-refractivity contribution < 1.29 is 0 Å². The molecule has 0 amide bonds. The molecule has 0 bridgehead atoms. The highest BCUT2D eigenvalue weighted by Crippen LogP contribution is 2.56. The Morgan fingerprint density at radius 2 is 1.19 bits per heavy atom. The lowest BCUT2D eigenvalue weighted by atomic mass is 9.59. The van der Waals surface area contributed by atoms with Crippen molar-refractivity contribution in [2.75, 3.05) is 0 Å². The fraction of sp³-hybridized carbons (Fsp3) is 0.407. The summed E-state index contributed by atoms with van der Waals surface area (Å²) in [6.07, 6.45) is 20.6. The predicted molar refractivity (Wildman–Crippen MR) is 115 cm³/mol. The summed E-state index contributed by atoms with van der Waals surface area (Å²) in [5.74, 6) is 0.986. The first-order valence-electron chi connectivity index (χ1n) is 10.3. The van der Waals surface area contributed by atoms with Gasteiger partial charge in [0.1, 0.15) is 0 Å². The summed E-state index contributed by atoms with van der Waals surface area (Å²) >= 11 is 0. The first-order valence-corrected chi connectivity index (χ1v) is 10.3. The van der Waals surface area contributed by atoms with Crippen LogP contribution in [0.2, 0.25) is 0 Å². The first kappa shape index (κ1) is 17.0. The molecule has 0 N–H and O–H groups in total. The zero-order valence-corrected chi connectivity index (χ0v) is 17.5. The van der Waals surface area contributed by atoms with Gasteiger partial charge in [0, 0.05) is 11.8 Å². The second-order valence-electron chi connectivity index (χ2n) is 10.7. The minimum atomic E-state index is 0.174. The van der Waals surface area contributed by atoms with Gasteiger partial charge in [-0.1, -0.05) is 90.2 Å². The van der Waals surface area contributed by atoms with Gasteiger partial charge in [-0.05, 0) is 61.8 Å². The number of allylic oxidation sites excluding steroid dienone is 16. The molecule has 0 aromatic heterocycles. The summed E-state index contributed by atoms with van der Waals surface area (Å²) in [7, 11) is 0. The smallest absolute Gasteiger partial charge is 0.0205 e. The van der Waals surface area contributed by atoms with Gasteiger partial charge in [0.25, 0.3) is 0 Å². The molecule has 0 spiro atoms. The van der Waals surface area contributed by atoms with Gasteiger partial charge in [-0.2, -0.15) is 0 Å². The van der Waals surface area contributed by atoms with Crippen molar-refractivity contribution in [1.29, 1.82) is 0 Å². The highest BCUT2D eigenvalue weighted by atomic mass is 14.5. The molecule has 0 unspecified atom stereocenters. The Bertz CT molecular complexity index is 991. The van der Waals surface area contributed by atoms with E-state index in [1.165, 1.54) is 27.9 Å². The molecule has 5 aliphatic rings. The maximum absolute atomic E-state index is 2.52. The van der Waals surface area contributed by atoms with E-state index >= 15 is 0 Å². The van der Waals surface area contributed by atoms with Crippen molar-refractivity contribution in [2.45, 2.75) is 48.0 Å². The molecule has 0 saturated carbocycles. The minimum Gasteiger partial charge on any atom is -0.0795 e. The Kier molecular flexibility index (Phi) is 3.32. The van der Waals surface area contributed by atoms with Crippen LogP contribution in [0.4, 0.5) is 0 Å². The Labute approximate surface area is 164 Å². The van der Waals surface area contributed by atoms with Crippen molar-refractivity contribution in [3.8, 4) is 0 Å². The van der Waals surface area contributed by atoms with E-state index in [1.807, 2.05) is 0 Å². The zero-order chi connectivity index (χ0) is 19.1. The quantitative estimate of drug-likeness (QED) is 0.432. The van der Waals surface area contributed by atoms with Crippen LogP contribution in [-0.2, 0) is 0 Å². The molecule has 5 rings (SSSR count). The maximum atomic E-state index is 2.52. The van der Waals surface area contributed by atoms with Crippen LogP contribution in [0.3, 0.4) is 0 Å². The zero-order valence-electron chi connectivity index (χ0n) is 17.5. The van der Waals surface area contributed by atoms with E-state index in [0.29, 0.717) is 11.8 Å². The molecule has 0 saturated heterocycles. The van der Waals surface area contributed by atoms with E-state index in [4.69, 9.17) is 0 Å². The van der Waals surface area contributed by atoms with Gasteiger partial charge in [-0.15, -0.1) is 0 Å². The largest absolute Gasteiger partial charge is 0.0795 e. The van der Waals surface area contributed by atoms with Gasteiger partial charge in [0.05, 0.1) is 0 Å². The molecule has 2 atom stereocenters. The Hall–Kier alpha value is -2.08. The number of hydrogen-bond donors (Lipinski definition) is 0. The molecular weight excluding hydrogens is 324 g/mol. The average Bonchev–Trinajstić information content (AvgIpc) is 3.08. The lowest BCUT2D eigenvalue weighted by Gasteiger charge is -2.45. The molecule has 0 fully saturated rings. The fourth-order valence-corrected chi connectivity index (χ4v) is 5.17. The van der Waals surface area contributed by atoms with Gasteiger partial charge in [-0.25, -0.2) is 0 Å². The lowest BCUT2D eigenvalue weighted by molar-refractivity contribution is 0.486. The summed E-state index contributed by atoms with van der Waals surface area (Å²) in [5.41, 5.74) is 12.5. The summed E-state index contributed by atoms with van der Waals surface area (Å²) in [6, 6.07) is 0. The van der Waals surface area contributed by atoms with Crippen molar-refractivity contribution >= 4 is 0 Å². The molecule has 0 nitrogen and oxygen atoms in total. The van der Waals surface area contributed by atoms with Crippen molar-refractivity contribution in [3.63, 3.8) is 0 Å². The molecule has 0 aromatic carbocycles. The molecule has 0 aromatic rings. The van der Waals surface area contributed by atoms with E-state index in [0.717, 1.165) is 6.42 Å². The summed E-state index contributed by atoms with van der Waals surface area (Å²) in [4.78, 5) is 0. The van der Waals surface area contributed by atoms with Crippen LogP contribution in [0.15, 0.2) is 93.2 Å². The third-order valence-electron chi connectivity index (χ3n) is 6.78. The Morgan fingerprint density at radius 1 is 0.667 bits per heavy atom. The fourth-order valence-electron chi connectivity index (χ4n) is 5.17. The van der Waals surface area contributed by atoms with E-state index < -0.39 is 0 Å². The number of hydrogen-bond acceptors (Lipinski definition) is 0. The molecular formula is C27H30. The van der Waals surface area contributed by atoms with Gasteiger partial charge >= 0.3 is 0 Å². The summed E-state index contributed by atoms with van der Waals surface area (Å²) < 4.78 is 0. The predicted octanol–water partition coefficient (Wildman–Crippen LogP) is 7.18. The van der Waals surface area contributed by atoms with Crippen molar-refractivity contribution in [1.82, 2.24) is 0 Å². The summed E-state index contributed by atoms with van der Waals surface area (Å²) in [5, 5.41) is 0. The minimum absolute atomic E-state index is 0.174.